The second-order valence-corrected chi connectivity index (χ2v) is 3.92. The van der Waals surface area contributed by atoms with Gasteiger partial charge in [0, 0.05) is 32.8 Å². The van der Waals surface area contributed by atoms with Crippen LogP contribution in [0.5, 0.6) is 5.75 Å². The summed E-state index contributed by atoms with van der Waals surface area (Å²) in [4.78, 5) is 13.7. The van der Waals surface area contributed by atoms with Gasteiger partial charge in [0.15, 0.2) is 0 Å². The molecule has 1 aromatic rings. The van der Waals surface area contributed by atoms with E-state index in [0.29, 0.717) is 32.0 Å². The number of amides is 1. The largest absolute Gasteiger partial charge is 0.497 e. The number of nitrogens with zero attached hydrogens (tertiary/aromatic N) is 1. The monoisotopic (exact) mass is 270 g/mol. The minimum atomic E-state index is -0.608. The zero-order valence-electron chi connectivity index (χ0n) is 11.2. The van der Waals surface area contributed by atoms with Gasteiger partial charge in [0.05, 0.1) is 19.3 Å². The van der Waals surface area contributed by atoms with Gasteiger partial charge >= 0.3 is 0 Å². The highest BCUT2D eigenvalue weighted by Crippen LogP contribution is 2.17. The zero-order valence-corrected chi connectivity index (χ0v) is 11.2. The summed E-state index contributed by atoms with van der Waals surface area (Å²) < 4.78 is 23.6. The second-order valence-electron chi connectivity index (χ2n) is 3.92. The smallest absolute Gasteiger partial charge is 0.256 e. The summed E-state index contributed by atoms with van der Waals surface area (Å²) in [6, 6.07) is 4.14. The molecule has 0 bridgehead atoms. The van der Waals surface area contributed by atoms with Crippen molar-refractivity contribution in [1.82, 2.24) is 4.90 Å². The Kier molecular flexibility index (Phi) is 6.24. The number of carbonyl (C=O) groups is 1. The van der Waals surface area contributed by atoms with E-state index in [2.05, 4.69) is 0 Å². The van der Waals surface area contributed by atoms with Gasteiger partial charge in [-0.2, -0.15) is 0 Å². The first-order chi connectivity index (χ1) is 9.13. The summed E-state index contributed by atoms with van der Waals surface area (Å²) in [6.45, 7) is 1.42. The summed E-state index contributed by atoms with van der Waals surface area (Å²) in [5.74, 6) is -0.636. The molecular weight excluding hydrogens is 251 g/mol. The van der Waals surface area contributed by atoms with Crippen LogP contribution in [0.2, 0.25) is 0 Å². The first-order valence-corrected chi connectivity index (χ1v) is 5.95. The normalized spacial score (nSPS) is 10.3. The fourth-order valence-electron chi connectivity index (χ4n) is 1.64. The number of nitrogens with two attached hydrogens (primary N) is 1. The van der Waals surface area contributed by atoms with Crippen molar-refractivity contribution in [1.29, 1.82) is 0 Å². The van der Waals surface area contributed by atoms with Gasteiger partial charge < -0.3 is 20.1 Å². The van der Waals surface area contributed by atoms with Crippen LogP contribution < -0.4 is 10.5 Å². The highest BCUT2D eigenvalue weighted by Gasteiger charge is 2.19. The number of methoxy groups -OCH3 is 2. The van der Waals surface area contributed by atoms with Crippen LogP contribution in [0.1, 0.15) is 10.4 Å². The molecule has 6 heteroatoms. The summed E-state index contributed by atoms with van der Waals surface area (Å²) in [7, 11) is 2.98. The van der Waals surface area contributed by atoms with Crippen LogP contribution >= 0.6 is 0 Å². The van der Waals surface area contributed by atoms with Crippen LogP contribution in [0, 0.1) is 5.82 Å². The molecule has 0 radical (unpaired) electrons. The molecule has 0 unspecified atom stereocenters. The van der Waals surface area contributed by atoms with Crippen molar-refractivity contribution in [3.05, 3.63) is 29.6 Å². The van der Waals surface area contributed by atoms with Crippen LogP contribution in [0.15, 0.2) is 18.2 Å². The van der Waals surface area contributed by atoms with Crippen LogP contribution in [0.4, 0.5) is 4.39 Å². The molecule has 0 aliphatic carbocycles. The topological polar surface area (TPSA) is 64.8 Å². The molecule has 0 fully saturated rings. The van der Waals surface area contributed by atoms with Gasteiger partial charge in [-0.05, 0) is 12.1 Å². The van der Waals surface area contributed by atoms with E-state index in [1.54, 1.807) is 13.2 Å². The molecule has 0 heterocycles. The molecule has 0 spiro atoms. The molecule has 19 heavy (non-hydrogen) atoms. The Morgan fingerprint density at radius 2 is 2.11 bits per heavy atom. The molecule has 0 aliphatic heterocycles. The maximum Gasteiger partial charge on any atom is 0.256 e. The summed E-state index contributed by atoms with van der Waals surface area (Å²) in [5.41, 5.74) is 5.46. The molecule has 0 atom stereocenters. The molecule has 1 rings (SSSR count). The fourth-order valence-corrected chi connectivity index (χ4v) is 1.64. The lowest BCUT2D eigenvalue weighted by Crippen LogP contribution is -2.38. The van der Waals surface area contributed by atoms with Gasteiger partial charge in [0.25, 0.3) is 5.91 Å². The predicted molar refractivity (Wildman–Crippen MR) is 69.8 cm³/mol. The van der Waals surface area contributed by atoms with Crippen LogP contribution in [-0.2, 0) is 4.74 Å². The Morgan fingerprint density at radius 3 is 2.63 bits per heavy atom. The van der Waals surface area contributed by atoms with E-state index >= 15 is 0 Å². The van der Waals surface area contributed by atoms with E-state index in [-0.39, 0.29) is 5.56 Å². The molecule has 1 amide bonds. The molecule has 5 nitrogen and oxygen atoms in total. The maximum absolute atomic E-state index is 13.8. The average molecular weight is 270 g/mol. The van der Waals surface area contributed by atoms with E-state index in [1.165, 1.54) is 24.1 Å². The number of benzene rings is 1. The zero-order chi connectivity index (χ0) is 14.3. The average Bonchev–Trinajstić information content (AvgIpc) is 2.42. The second kappa shape index (κ2) is 7.70. The van der Waals surface area contributed by atoms with Crippen LogP contribution in [0.3, 0.4) is 0 Å². The van der Waals surface area contributed by atoms with E-state index in [1.807, 2.05) is 0 Å². The van der Waals surface area contributed by atoms with Gasteiger partial charge in [-0.1, -0.05) is 0 Å². The molecular formula is C13H19FN2O3. The lowest BCUT2D eigenvalue weighted by molar-refractivity contribution is 0.0697. The molecule has 0 aromatic heterocycles. The minimum absolute atomic E-state index is 0.00496. The van der Waals surface area contributed by atoms with E-state index in [9.17, 15) is 9.18 Å². The van der Waals surface area contributed by atoms with Gasteiger partial charge in [-0.15, -0.1) is 0 Å². The Morgan fingerprint density at radius 1 is 1.37 bits per heavy atom. The Balaban J connectivity index is 2.89. The third-order valence-corrected chi connectivity index (χ3v) is 2.66. The van der Waals surface area contributed by atoms with Gasteiger partial charge in [0.2, 0.25) is 0 Å². The Hall–Kier alpha value is -1.66. The van der Waals surface area contributed by atoms with Crippen LogP contribution in [0.25, 0.3) is 0 Å². The van der Waals surface area contributed by atoms with Gasteiger partial charge in [-0.25, -0.2) is 4.39 Å². The van der Waals surface area contributed by atoms with E-state index in [0.717, 1.165) is 0 Å². The summed E-state index contributed by atoms with van der Waals surface area (Å²) in [5, 5.41) is 0. The Bertz CT molecular complexity index is 426. The lowest BCUT2D eigenvalue weighted by atomic mass is 10.1. The van der Waals surface area contributed by atoms with Crippen molar-refractivity contribution in [3.63, 3.8) is 0 Å². The van der Waals surface area contributed by atoms with Crippen molar-refractivity contribution in [2.75, 3.05) is 40.5 Å². The summed E-state index contributed by atoms with van der Waals surface area (Å²) in [6.07, 6.45) is 0. The standard InChI is InChI=1S/C13H19FN2O3/c1-18-8-7-16(6-5-15)13(17)11-4-3-10(19-2)9-12(11)14/h3-4,9H,5-8,15H2,1-2H3. The molecule has 2 N–H and O–H groups in total. The number of rotatable bonds is 7. The number of halogens is 1. The van der Waals surface area contributed by atoms with Gasteiger partial charge in [0.1, 0.15) is 11.6 Å². The van der Waals surface area contributed by atoms with E-state index in [4.69, 9.17) is 15.2 Å². The molecule has 0 aliphatic rings. The van der Waals surface area contributed by atoms with Crippen LogP contribution in [-0.4, -0.2) is 51.3 Å². The van der Waals surface area contributed by atoms with Crippen molar-refractivity contribution < 1.29 is 18.7 Å². The van der Waals surface area contributed by atoms with Crippen molar-refractivity contribution in [2.45, 2.75) is 0 Å². The van der Waals surface area contributed by atoms with Crippen molar-refractivity contribution >= 4 is 5.91 Å². The number of hydrogen-bond donors (Lipinski definition) is 1. The van der Waals surface area contributed by atoms with Gasteiger partial charge in [-0.3, -0.25) is 4.79 Å². The summed E-state index contributed by atoms with van der Waals surface area (Å²) >= 11 is 0. The molecule has 106 valence electrons. The molecule has 0 saturated heterocycles. The quantitative estimate of drug-likeness (QED) is 0.799. The fraction of sp³-hybridized carbons (Fsp3) is 0.462. The Labute approximate surface area is 112 Å². The lowest BCUT2D eigenvalue weighted by Gasteiger charge is -2.22. The SMILES string of the molecule is COCCN(CCN)C(=O)c1ccc(OC)cc1F. The highest BCUT2D eigenvalue weighted by molar-refractivity contribution is 5.94. The number of ether oxygens (including phenoxy) is 2. The maximum atomic E-state index is 13.8. The van der Waals surface area contributed by atoms with Crippen molar-refractivity contribution in [2.24, 2.45) is 5.73 Å². The molecule has 0 saturated carbocycles. The number of hydrogen-bond acceptors (Lipinski definition) is 4. The minimum Gasteiger partial charge on any atom is -0.497 e. The third kappa shape index (κ3) is 4.18. The first-order valence-electron chi connectivity index (χ1n) is 5.95. The predicted octanol–water partition coefficient (Wildman–Crippen LogP) is 0.882. The highest BCUT2D eigenvalue weighted by atomic mass is 19.1. The van der Waals surface area contributed by atoms with Crippen molar-refractivity contribution in [3.8, 4) is 5.75 Å². The third-order valence-electron chi connectivity index (χ3n) is 2.66. The first kappa shape index (κ1) is 15.4. The number of carbonyl (C=O) groups excluding carboxylic acids is 1. The van der Waals surface area contributed by atoms with E-state index < -0.39 is 11.7 Å². The molecule has 1 aromatic carbocycles.